The van der Waals surface area contributed by atoms with E-state index in [0.29, 0.717) is 11.3 Å². The number of phenols is 1. The zero-order valence-corrected chi connectivity index (χ0v) is 36.0. The molecular weight excluding hydrogens is 757 g/mol. The number of rotatable bonds is 6. The van der Waals surface area contributed by atoms with Crippen LogP contribution < -0.4 is 0 Å². The zero-order chi connectivity index (χ0) is 42.8. The third-order valence-electron chi connectivity index (χ3n) is 12.1. The molecule has 0 amide bonds. The van der Waals surface area contributed by atoms with Crippen LogP contribution in [0.3, 0.4) is 0 Å². The SMILES string of the molecule is CC(C)(C)c1cc(-c2cc(-c3cccc(-c4cc(-c5cccc6c7ccccc7n(-c7ccc8ccncc8c7)c56)ccn4)c3)nc(-c3ccccc3O)c2)cc(C(C)(C)C)c1. The Bertz CT molecular complexity index is 3310. The number of nitrogens with zero attached hydrogens (tertiary/aromatic N) is 4. The van der Waals surface area contributed by atoms with Gasteiger partial charge < -0.3 is 9.67 Å². The third-order valence-corrected chi connectivity index (χ3v) is 12.1. The van der Waals surface area contributed by atoms with Gasteiger partial charge in [0.05, 0.1) is 28.1 Å². The lowest BCUT2D eigenvalue weighted by Gasteiger charge is -2.26. The van der Waals surface area contributed by atoms with Crippen molar-refractivity contribution in [2.45, 2.75) is 52.4 Å². The van der Waals surface area contributed by atoms with Crippen molar-refractivity contribution in [3.63, 3.8) is 0 Å². The molecule has 5 nitrogen and oxygen atoms in total. The van der Waals surface area contributed by atoms with Crippen LogP contribution in [0.25, 0.3) is 94.3 Å². The minimum absolute atomic E-state index is 0.0431. The molecule has 0 spiro atoms. The summed E-state index contributed by atoms with van der Waals surface area (Å²) in [5.41, 5.74) is 15.3. The Morgan fingerprint density at radius 3 is 1.92 bits per heavy atom. The van der Waals surface area contributed by atoms with Gasteiger partial charge in [0.25, 0.3) is 0 Å². The first-order valence-corrected chi connectivity index (χ1v) is 21.3. The lowest BCUT2D eigenvalue weighted by Crippen LogP contribution is -2.16. The molecule has 0 aliphatic rings. The molecule has 62 heavy (non-hydrogen) atoms. The summed E-state index contributed by atoms with van der Waals surface area (Å²) >= 11 is 0. The first kappa shape index (κ1) is 38.8. The summed E-state index contributed by atoms with van der Waals surface area (Å²) in [5, 5.41) is 15.7. The topological polar surface area (TPSA) is 63.8 Å². The van der Waals surface area contributed by atoms with Crippen LogP contribution in [0, 0.1) is 0 Å². The van der Waals surface area contributed by atoms with E-state index in [1.807, 2.05) is 36.8 Å². The van der Waals surface area contributed by atoms with Gasteiger partial charge in [0.15, 0.2) is 0 Å². The van der Waals surface area contributed by atoms with Gasteiger partial charge >= 0.3 is 0 Å². The van der Waals surface area contributed by atoms with Crippen molar-refractivity contribution in [3.8, 4) is 67.5 Å². The molecule has 4 heterocycles. The first-order valence-electron chi connectivity index (χ1n) is 21.3. The molecule has 0 fully saturated rings. The number of benzene rings is 6. The molecule has 4 aromatic heterocycles. The van der Waals surface area contributed by atoms with Crippen molar-refractivity contribution in [2.24, 2.45) is 0 Å². The average Bonchev–Trinajstić information content (AvgIpc) is 3.63. The number of phenolic OH excluding ortho intramolecular Hbond substituents is 1. The molecule has 0 atom stereocenters. The highest BCUT2D eigenvalue weighted by Crippen LogP contribution is 2.41. The highest BCUT2D eigenvalue weighted by atomic mass is 16.3. The van der Waals surface area contributed by atoms with Crippen LogP contribution in [0.5, 0.6) is 5.75 Å². The van der Waals surface area contributed by atoms with Crippen LogP contribution in [-0.4, -0.2) is 24.6 Å². The van der Waals surface area contributed by atoms with Crippen LogP contribution in [0.15, 0.2) is 176 Å². The van der Waals surface area contributed by atoms with E-state index >= 15 is 0 Å². The maximum absolute atomic E-state index is 11.1. The molecule has 0 aliphatic heterocycles. The molecule has 10 rings (SSSR count). The maximum atomic E-state index is 11.1. The molecule has 10 aromatic rings. The van der Waals surface area contributed by atoms with Crippen LogP contribution in [0.2, 0.25) is 0 Å². The van der Waals surface area contributed by atoms with E-state index in [4.69, 9.17) is 9.97 Å². The minimum Gasteiger partial charge on any atom is -0.507 e. The second-order valence-electron chi connectivity index (χ2n) is 18.4. The quantitative estimate of drug-likeness (QED) is 0.182. The molecular formula is C57H48N4O. The zero-order valence-electron chi connectivity index (χ0n) is 36.0. The van der Waals surface area contributed by atoms with Gasteiger partial charge in [0.2, 0.25) is 0 Å². The van der Waals surface area contributed by atoms with Gasteiger partial charge in [-0.25, -0.2) is 4.98 Å². The molecule has 1 N–H and O–H groups in total. The van der Waals surface area contributed by atoms with E-state index in [1.54, 1.807) is 6.07 Å². The smallest absolute Gasteiger partial charge is 0.124 e. The second-order valence-corrected chi connectivity index (χ2v) is 18.4. The largest absolute Gasteiger partial charge is 0.507 e. The van der Waals surface area contributed by atoms with Crippen molar-refractivity contribution < 1.29 is 5.11 Å². The van der Waals surface area contributed by atoms with Gasteiger partial charge in [0.1, 0.15) is 5.75 Å². The van der Waals surface area contributed by atoms with E-state index < -0.39 is 0 Å². The number of fused-ring (bicyclic) bond motifs is 4. The van der Waals surface area contributed by atoms with Crippen LogP contribution in [0.1, 0.15) is 52.7 Å². The Kier molecular flexibility index (Phi) is 9.37. The van der Waals surface area contributed by atoms with Crippen LogP contribution in [0.4, 0.5) is 0 Å². The van der Waals surface area contributed by atoms with Crippen LogP contribution in [-0.2, 0) is 10.8 Å². The van der Waals surface area contributed by atoms with Gasteiger partial charge in [-0.3, -0.25) is 9.97 Å². The Labute approximate surface area is 363 Å². The summed E-state index contributed by atoms with van der Waals surface area (Å²) < 4.78 is 2.38. The van der Waals surface area contributed by atoms with Crippen molar-refractivity contribution >= 4 is 32.6 Å². The van der Waals surface area contributed by atoms with E-state index in [1.165, 1.54) is 21.9 Å². The molecule has 302 valence electrons. The number of pyridine rings is 3. The van der Waals surface area contributed by atoms with E-state index in [-0.39, 0.29) is 16.6 Å². The summed E-state index contributed by atoms with van der Waals surface area (Å²) in [4.78, 5) is 14.6. The van der Waals surface area contributed by atoms with Crippen LogP contribution >= 0.6 is 0 Å². The van der Waals surface area contributed by atoms with Gasteiger partial charge in [-0.2, -0.15) is 0 Å². The molecule has 0 aliphatic carbocycles. The van der Waals surface area contributed by atoms with Crippen molar-refractivity contribution in [2.75, 3.05) is 0 Å². The van der Waals surface area contributed by atoms with Crippen molar-refractivity contribution in [3.05, 3.63) is 187 Å². The Balaban J connectivity index is 1.11. The fraction of sp³-hybridized carbons (Fsp3) is 0.140. The molecule has 6 aromatic carbocycles. The summed E-state index contributed by atoms with van der Waals surface area (Å²) in [6.45, 7) is 13.6. The number of hydrogen-bond acceptors (Lipinski definition) is 4. The van der Waals surface area contributed by atoms with E-state index in [9.17, 15) is 5.11 Å². The van der Waals surface area contributed by atoms with Gasteiger partial charge in [0, 0.05) is 62.7 Å². The molecule has 0 saturated carbocycles. The fourth-order valence-electron chi connectivity index (χ4n) is 8.66. The average molecular weight is 805 g/mol. The lowest BCUT2D eigenvalue weighted by molar-refractivity contribution is 0.477. The molecule has 0 unspecified atom stereocenters. The molecule has 5 heteroatoms. The Morgan fingerprint density at radius 1 is 0.468 bits per heavy atom. The maximum Gasteiger partial charge on any atom is 0.124 e. The fourth-order valence-corrected chi connectivity index (χ4v) is 8.66. The number of aromatic hydroxyl groups is 1. The number of hydrogen-bond donors (Lipinski definition) is 1. The van der Waals surface area contributed by atoms with E-state index in [0.717, 1.165) is 72.3 Å². The summed E-state index contributed by atoms with van der Waals surface area (Å²) in [5.74, 6) is 0.198. The third kappa shape index (κ3) is 7.09. The predicted octanol–water partition coefficient (Wildman–Crippen LogP) is 14.8. The number of para-hydroxylation sites is 3. The highest BCUT2D eigenvalue weighted by molar-refractivity contribution is 6.14. The molecule has 0 radical (unpaired) electrons. The summed E-state index contributed by atoms with van der Waals surface area (Å²) in [6, 6.07) is 55.4. The Hall–Kier alpha value is -7.37. The normalized spacial score (nSPS) is 12.1. The monoisotopic (exact) mass is 804 g/mol. The predicted molar refractivity (Wildman–Crippen MR) is 258 cm³/mol. The summed E-state index contributed by atoms with van der Waals surface area (Å²) in [6.07, 6.45) is 5.69. The Morgan fingerprint density at radius 2 is 1.13 bits per heavy atom. The second kappa shape index (κ2) is 15.0. The minimum atomic E-state index is -0.0431. The van der Waals surface area contributed by atoms with Gasteiger partial charge in [-0.1, -0.05) is 133 Å². The van der Waals surface area contributed by atoms with E-state index in [2.05, 4.69) is 185 Å². The lowest BCUT2D eigenvalue weighted by atomic mass is 9.79. The highest BCUT2D eigenvalue weighted by Gasteiger charge is 2.23. The summed E-state index contributed by atoms with van der Waals surface area (Å²) in [7, 11) is 0. The van der Waals surface area contributed by atoms with Gasteiger partial charge in [-0.15, -0.1) is 0 Å². The molecule has 0 saturated heterocycles. The standard InChI is InChI=1S/C57H48N4O/c1-56(2,3)43-28-40(29-44(34-43)57(4,5)6)41-32-51(60-52(33-41)49-16-8-10-20-54(49)62)39-14-11-13-38(27-39)50-31-37(24-26-59-50)46-17-12-18-48-47-15-7-9-19-53(47)61(55(46)48)45-22-21-36-23-25-58-35-42(36)30-45/h7-35,62H,1-6H3. The first-order chi connectivity index (χ1) is 29.9. The van der Waals surface area contributed by atoms with Crippen molar-refractivity contribution in [1.82, 2.24) is 19.5 Å². The van der Waals surface area contributed by atoms with Gasteiger partial charge in [-0.05, 0) is 111 Å². The number of aromatic nitrogens is 4. The van der Waals surface area contributed by atoms with Crippen molar-refractivity contribution in [1.29, 1.82) is 0 Å². The molecule has 0 bridgehead atoms.